The molecule has 0 atom stereocenters. The van der Waals surface area contributed by atoms with Gasteiger partial charge in [-0.2, -0.15) is 0 Å². The monoisotopic (exact) mass is 374 g/mol. The van der Waals surface area contributed by atoms with Crippen molar-refractivity contribution in [3.63, 3.8) is 0 Å². The van der Waals surface area contributed by atoms with E-state index in [0.29, 0.717) is 5.19 Å². The highest BCUT2D eigenvalue weighted by Crippen LogP contribution is 2.33. The zero-order valence-corrected chi connectivity index (χ0v) is 15.3. The van der Waals surface area contributed by atoms with Crippen LogP contribution in [0.15, 0.2) is 24.3 Å². The van der Waals surface area contributed by atoms with Gasteiger partial charge in [-0.3, -0.25) is 0 Å². The summed E-state index contributed by atoms with van der Waals surface area (Å²) in [6.07, 6.45) is 0. The molecule has 2 aromatic rings. The highest BCUT2D eigenvalue weighted by Gasteiger charge is 2.40. The van der Waals surface area contributed by atoms with Gasteiger partial charge in [-0.1, -0.05) is 52.0 Å². The molecule has 0 aliphatic heterocycles. The average molecular weight is 374 g/mol. The molecule has 1 N–H and O–H groups in total. The summed E-state index contributed by atoms with van der Waals surface area (Å²) in [6.45, 7) is 7.57. The zero-order valence-electron chi connectivity index (χ0n) is 14.3. The SMILES string of the molecule is CC(C)[Si](O)(c1ccc(-c2c(F)c(F)c(F)c(F)c2F)cc1)C(C)C. The fourth-order valence-electron chi connectivity index (χ4n) is 3.10. The number of rotatable bonds is 4. The van der Waals surface area contributed by atoms with Crippen LogP contribution in [0.3, 0.4) is 0 Å². The fourth-order valence-corrected chi connectivity index (χ4v) is 6.46. The summed E-state index contributed by atoms with van der Waals surface area (Å²) in [5.74, 6) is -9.88. The first-order valence-corrected chi connectivity index (χ1v) is 9.98. The van der Waals surface area contributed by atoms with E-state index in [4.69, 9.17) is 0 Å². The van der Waals surface area contributed by atoms with Crippen molar-refractivity contribution in [3.05, 3.63) is 53.4 Å². The Balaban J connectivity index is 2.60. The average Bonchev–Trinajstić information content (AvgIpc) is 2.58. The molecule has 2 aromatic carbocycles. The van der Waals surface area contributed by atoms with Crippen LogP contribution in [-0.4, -0.2) is 13.1 Å². The van der Waals surface area contributed by atoms with Crippen molar-refractivity contribution < 1.29 is 26.7 Å². The molecule has 0 spiro atoms. The molecular weight excluding hydrogens is 355 g/mol. The zero-order chi connectivity index (χ0) is 19.1. The van der Waals surface area contributed by atoms with E-state index in [1.807, 2.05) is 27.7 Å². The second kappa shape index (κ2) is 6.88. The second-order valence-corrected chi connectivity index (χ2v) is 11.2. The lowest BCUT2D eigenvalue weighted by molar-refractivity contribution is 0.381. The minimum absolute atomic E-state index is 0.00691. The van der Waals surface area contributed by atoms with Gasteiger partial charge in [0, 0.05) is 0 Å². The summed E-state index contributed by atoms with van der Waals surface area (Å²) >= 11 is 0. The van der Waals surface area contributed by atoms with Crippen LogP contribution in [0.25, 0.3) is 11.1 Å². The Kier molecular flexibility index (Phi) is 5.39. The van der Waals surface area contributed by atoms with Gasteiger partial charge < -0.3 is 4.80 Å². The first-order chi connectivity index (χ1) is 11.5. The van der Waals surface area contributed by atoms with Crippen LogP contribution < -0.4 is 5.19 Å². The maximum Gasteiger partial charge on any atom is 0.225 e. The summed E-state index contributed by atoms with van der Waals surface area (Å²) in [5, 5.41) is 0.644. The minimum atomic E-state index is -2.86. The Labute approximate surface area is 144 Å². The number of hydrogen-bond acceptors (Lipinski definition) is 1. The van der Waals surface area contributed by atoms with E-state index in [2.05, 4.69) is 0 Å². The van der Waals surface area contributed by atoms with Gasteiger partial charge in [0.15, 0.2) is 23.3 Å². The van der Waals surface area contributed by atoms with Crippen molar-refractivity contribution >= 4 is 13.5 Å². The van der Waals surface area contributed by atoms with Crippen LogP contribution in [0.1, 0.15) is 27.7 Å². The largest absolute Gasteiger partial charge is 0.427 e. The van der Waals surface area contributed by atoms with Gasteiger partial charge in [0.1, 0.15) is 0 Å². The predicted octanol–water partition coefficient (Wildman–Crippen LogP) is 5.01. The molecule has 0 aromatic heterocycles. The second-order valence-electron chi connectivity index (χ2n) is 6.66. The Morgan fingerprint density at radius 3 is 1.40 bits per heavy atom. The summed E-state index contributed by atoms with van der Waals surface area (Å²) in [5.41, 5.74) is -1.12. The van der Waals surface area contributed by atoms with Crippen LogP contribution >= 0.6 is 0 Å². The smallest absolute Gasteiger partial charge is 0.225 e. The van der Waals surface area contributed by atoms with Gasteiger partial charge in [0.05, 0.1) is 5.56 Å². The van der Waals surface area contributed by atoms with Crippen LogP contribution in [0.4, 0.5) is 22.0 Å². The molecule has 25 heavy (non-hydrogen) atoms. The molecule has 136 valence electrons. The lowest BCUT2D eigenvalue weighted by atomic mass is 10.0. The van der Waals surface area contributed by atoms with Crippen molar-refractivity contribution in [2.24, 2.45) is 0 Å². The van der Waals surface area contributed by atoms with Gasteiger partial charge in [-0.05, 0) is 21.8 Å². The number of hydrogen-bond donors (Lipinski definition) is 1. The van der Waals surface area contributed by atoms with Crippen LogP contribution in [0.2, 0.25) is 11.1 Å². The van der Waals surface area contributed by atoms with Gasteiger partial charge in [-0.25, -0.2) is 22.0 Å². The van der Waals surface area contributed by atoms with Gasteiger partial charge in [-0.15, -0.1) is 0 Å². The molecule has 0 heterocycles. The molecular formula is C18H19F5OSi. The normalized spacial score (nSPS) is 12.3. The van der Waals surface area contributed by atoms with E-state index in [1.54, 1.807) is 0 Å². The van der Waals surface area contributed by atoms with Gasteiger partial charge >= 0.3 is 0 Å². The van der Waals surface area contributed by atoms with Crippen molar-refractivity contribution in [3.8, 4) is 11.1 Å². The van der Waals surface area contributed by atoms with Crippen LogP contribution in [0.5, 0.6) is 0 Å². The first-order valence-electron chi connectivity index (χ1n) is 7.88. The van der Waals surface area contributed by atoms with E-state index < -0.39 is 43.0 Å². The van der Waals surface area contributed by atoms with Crippen molar-refractivity contribution in [2.75, 3.05) is 0 Å². The number of halogens is 5. The third-order valence-corrected chi connectivity index (χ3v) is 9.39. The molecule has 0 aliphatic rings. The van der Waals surface area contributed by atoms with Crippen molar-refractivity contribution in [1.29, 1.82) is 0 Å². The highest BCUT2D eigenvalue weighted by molar-refractivity contribution is 6.87. The summed E-state index contributed by atoms with van der Waals surface area (Å²) in [6, 6.07) is 5.55. The predicted molar refractivity (Wildman–Crippen MR) is 89.5 cm³/mol. The third kappa shape index (κ3) is 3.11. The topological polar surface area (TPSA) is 20.2 Å². The molecule has 0 unspecified atom stereocenters. The molecule has 0 amide bonds. The Morgan fingerprint density at radius 1 is 0.680 bits per heavy atom. The molecule has 0 aliphatic carbocycles. The molecule has 2 rings (SSSR count). The molecule has 0 saturated heterocycles. The van der Waals surface area contributed by atoms with E-state index >= 15 is 0 Å². The molecule has 7 heteroatoms. The summed E-state index contributed by atoms with van der Waals surface area (Å²) in [4.78, 5) is 11.1. The minimum Gasteiger partial charge on any atom is -0.427 e. The van der Waals surface area contributed by atoms with Gasteiger partial charge in [0.2, 0.25) is 14.1 Å². The van der Waals surface area contributed by atoms with E-state index in [-0.39, 0.29) is 16.6 Å². The summed E-state index contributed by atoms with van der Waals surface area (Å²) in [7, 11) is -2.86. The van der Waals surface area contributed by atoms with Crippen molar-refractivity contribution in [2.45, 2.75) is 38.8 Å². The molecule has 0 saturated carbocycles. The van der Waals surface area contributed by atoms with E-state index in [1.165, 1.54) is 24.3 Å². The number of benzene rings is 2. The summed E-state index contributed by atoms with van der Waals surface area (Å²) < 4.78 is 67.7. The van der Waals surface area contributed by atoms with Crippen molar-refractivity contribution in [1.82, 2.24) is 0 Å². The molecule has 0 bridgehead atoms. The maximum absolute atomic E-state index is 13.9. The van der Waals surface area contributed by atoms with Gasteiger partial charge in [0.25, 0.3) is 0 Å². The highest BCUT2D eigenvalue weighted by atomic mass is 28.4. The first kappa shape index (κ1) is 19.6. The van der Waals surface area contributed by atoms with E-state index in [9.17, 15) is 26.7 Å². The standard InChI is InChI=1S/C18H19F5OSi/c1-9(2)25(24,10(3)4)12-7-5-11(6-8-12)13-14(19)16(21)18(23)17(22)15(13)20/h5-10,24H,1-4H3. The Hall–Kier alpha value is -1.73. The fraction of sp³-hybridized carbons (Fsp3) is 0.333. The Bertz CT molecular complexity index is 750. The van der Waals surface area contributed by atoms with Crippen LogP contribution in [-0.2, 0) is 0 Å². The van der Waals surface area contributed by atoms with Crippen LogP contribution in [0, 0.1) is 29.1 Å². The molecule has 1 nitrogen and oxygen atoms in total. The molecule has 0 fully saturated rings. The lowest BCUT2D eigenvalue weighted by Gasteiger charge is -2.33. The third-order valence-electron chi connectivity index (χ3n) is 4.61. The maximum atomic E-state index is 13.9. The Morgan fingerprint density at radius 2 is 1.04 bits per heavy atom. The molecule has 0 radical (unpaired) electrons. The quantitative estimate of drug-likeness (QED) is 0.345. The van der Waals surface area contributed by atoms with E-state index in [0.717, 1.165) is 0 Å². The lowest BCUT2D eigenvalue weighted by Crippen LogP contribution is -2.53.